The van der Waals surface area contributed by atoms with Crippen molar-refractivity contribution in [2.45, 2.75) is 32.4 Å². The highest BCUT2D eigenvalue weighted by Gasteiger charge is 2.25. The van der Waals surface area contributed by atoms with Crippen LogP contribution in [0.15, 0.2) is 18.2 Å². The van der Waals surface area contributed by atoms with Gasteiger partial charge in [-0.1, -0.05) is 30.7 Å². The first-order chi connectivity index (χ1) is 8.61. The van der Waals surface area contributed by atoms with Gasteiger partial charge in [0.2, 0.25) is 0 Å². The summed E-state index contributed by atoms with van der Waals surface area (Å²) in [6.07, 6.45) is 2.25. The van der Waals surface area contributed by atoms with E-state index >= 15 is 0 Å². The zero-order valence-electron chi connectivity index (χ0n) is 10.7. The molecule has 0 spiro atoms. The summed E-state index contributed by atoms with van der Waals surface area (Å²) in [7, 11) is 0. The third-order valence-electron chi connectivity index (χ3n) is 3.78. The highest BCUT2D eigenvalue weighted by Crippen LogP contribution is 2.25. The lowest BCUT2D eigenvalue weighted by molar-refractivity contribution is 0.114. The first-order valence-corrected chi connectivity index (χ1v) is 6.86. The van der Waals surface area contributed by atoms with Crippen molar-refractivity contribution < 1.29 is 4.39 Å². The van der Waals surface area contributed by atoms with Gasteiger partial charge in [0.1, 0.15) is 5.82 Å². The van der Waals surface area contributed by atoms with Gasteiger partial charge < -0.3 is 5.73 Å². The lowest BCUT2D eigenvalue weighted by Crippen LogP contribution is -2.45. The number of hydrogen-bond acceptors (Lipinski definition) is 2. The summed E-state index contributed by atoms with van der Waals surface area (Å²) in [6.45, 7) is 4.46. The monoisotopic (exact) mass is 270 g/mol. The molecule has 1 aromatic rings. The molecule has 1 aliphatic rings. The number of rotatable bonds is 3. The fraction of sp³-hybridized carbons (Fsp3) is 0.571. The van der Waals surface area contributed by atoms with Crippen LogP contribution >= 0.6 is 11.6 Å². The standard InChI is InChI=1S/C14H20ClFN2/c1-10-5-6-18(12(7-10)8-17)9-11-3-2-4-13(15)14(11)16/h2-4,10,12H,5-9,17H2,1H3. The summed E-state index contributed by atoms with van der Waals surface area (Å²) in [4.78, 5) is 2.27. The Bertz CT molecular complexity index is 411. The maximum absolute atomic E-state index is 13.9. The predicted octanol–water partition coefficient (Wildman–Crippen LogP) is 3.04. The van der Waals surface area contributed by atoms with Crippen LogP contribution in [0.5, 0.6) is 0 Å². The Hall–Kier alpha value is -0.640. The summed E-state index contributed by atoms with van der Waals surface area (Å²) in [6, 6.07) is 5.53. The van der Waals surface area contributed by atoms with Crippen LogP contribution in [0.3, 0.4) is 0 Å². The van der Waals surface area contributed by atoms with Crippen LogP contribution in [-0.2, 0) is 6.54 Å². The quantitative estimate of drug-likeness (QED) is 0.915. The molecule has 1 saturated heterocycles. The lowest BCUT2D eigenvalue weighted by Gasteiger charge is -2.38. The van der Waals surface area contributed by atoms with Gasteiger partial charge in [0.05, 0.1) is 5.02 Å². The Labute approximate surface area is 113 Å². The minimum Gasteiger partial charge on any atom is -0.329 e. The van der Waals surface area contributed by atoms with Crippen LogP contribution in [0.4, 0.5) is 4.39 Å². The van der Waals surface area contributed by atoms with Crippen molar-refractivity contribution in [1.82, 2.24) is 4.90 Å². The molecule has 2 N–H and O–H groups in total. The summed E-state index contributed by atoms with van der Waals surface area (Å²) in [5.74, 6) is 0.410. The van der Waals surface area contributed by atoms with Crippen molar-refractivity contribution in [2.24, 2.45) is 11.7 Å². The Morgan fingerprint density at radius 3 is 3.00 bits per heavy atom. The molecule has 0 bridgehead atoms. The molecule has 0 aliphatic carbocycles. The average molecular weight is 271 g/mol. The maximum atomic E-state index is 13.9. The van der Waals surface area contributed by atoms with Crippen LogP contribution in [-0.4, -0.2) is 24.0 Å². The Morgan fingerprint density at radius 1 is 1.50 bits per heavy atom. The SMILES string of the molecule is CC1CCN(Cc2cccc(Cl)c2F)C(CN)C1. The number of nitrogens with zero attached hydrogens (tertiary/aromatic N) is 1. The molecule has 2 unspecified atom stereocenters. The predicted molar refractivity (Wildman–Crippen MR) is 73.1 cm³/mol. The molecule has 4 heteroatoms. The van der Waals surface area contributed by atoms with E-state index in [2.05, 4.69) is 11.8 Å². The molecule has 0 aromatic heterocycles. The first-order valence-electron chi connectivity index (χ1n) is 6.48. The topological polar surface area (TPSA) is 29.3 Å². The van der Waals surface area contributed by atoms with E-state index in [9.17, 15) is 4.39 Å². The van der Waals surface area contributed by atoms with Gasteiger partial charge >= 0.3 is 0 Å². The van der Waals surface area contributed by atoms with Gasteiger partial charge in [-0.05, 0) is 31.4 Å². The Morgan fingerprint density at radius 2 is 2.28 bits per heavy atom. The van der Waals surface area contributed by atoms with Crippen LogP contribution < -0.4 is 5.73 Å². The van der Waals surface area contributed by atoms with E-state index in [1.807, 2.05) is 0 Å². The van der Waals surface area contributed by atoms with Gasteiger partial charge in [-0.25, -0.2) is 4.39 Å². The van der Waals surface area contributed by atoms with Crippen molar-refractivity contribution in [2.75, 3.05) is 13.1 Å². The molecule has 0 amide bonds. The number of likely N-dealkylation sites (tertiary alicyclic amines) is 1. The molecule has 1 aromatic carbocycles. The second-order valence-corrected chi connectivity index (χ2v) is 5.61. The van der Waals surface area contributed by atoms with Crippen LogP contribution in [0.1, 0.15) is 25.3 Å². The molecule has 18 heavy (non-hydrogen) atoms. The summed E-state index contributed by atoms with van der Waals surface area (Å²) < 4.78 is 13.9. The van der Waals surface area contributed by atoms with Gasteiger partial charge in [-0.3, -0.25) is 4.90 Å². The molecular weight excluding hydrogens is 251 g/mol. The Balaban J connectivity index is 2.10. The molecule has 0 saturated carbocycles. The van der Waals surface area contributed by atoms with Crippen molar-refractivity contribution in [3.05, 3.63) is 34.6 Å². The van der Waals surface area contributed by atoms with Gasteiger partial charge in [0, 0.05) is 24.7 Å². The fourth-order valence-corrected chi connectivity index (χ4v) is 2.84. The van der Waals surface area contributed by atoms with Crippen molar-refractivity contribution in [3.8, 4) is 0 Å². The van der Waals surface area contributed by atoms with Crippen LogP contribution in [0.25, 0.3) is 0 Å². The fourth-order valence-electron chi connectivity index (χ4n) is 2.64. The number of halogens is 2. The van der Waals surface area contributed by atoms with E-state index < -0.39 is 0 Å². The molecular formula is C14H20ClFN2. The molecule has 2 nitrogen and oxygen atoms in total. The van der Waals surface area contributed by atoms with Crippen molar-refractivity contribution in [3.63, 3.8) is 0 Å². The van der Waals surface area contributed by atoms with Crippen molar-refractivity contribution in [1.29, 1.82) is 0 Å². The van der Waals surface area contributed by atoms with Gasteiger partial charge in [-0.2, -0.15) is 0 Å². The van der Waals surface area contributed by atoms with Gasteiger partial charge in [0.15, 0.2) is 0 Å². The molecule has 2 atom stereocenters. The van der Waals surface area contributed by atoms with Gasteiger partial charge in [0.25, 0.3) is 0 Å². The van der Waals surface area contributed by atoms with E-state index in [-0.39, 0.29) is 10.8 Å². The second kappa shape index (κ2) is 6.00. The zero-order chi connectivity index (χ0) is 13.1. The molecule has 2 rings (SSSR count). The highest BCUT2D eigenvalue weighted by molar-refractivity contribution is 6.30. The molecule has 1 fully saturated rings. The minimum absolute atomic E-state index is 0.196. The number of nitrogens with two attached hydrogens (primary N) is 1. The van der Waals surface area contributed by atoms with E-state index in [0.717, 1.165) is 19.4 Å². The molecule has 100 valence electrons. The summed E-state index contributed by atoms with van der Waals surface area (Å²) in [5.41, 5.74) is 6.48. The zero-order valence-corrected chi connectivity index (χ0v) is 11.5. The lowest BCUT2D eigenvalue weighted by atomic mass is 9.92. The highest BCUT2D eigenvalue weighted by atomic mass is 35.5. The largest absolute Gasteiger partial charge is 0.329 e. The summed E-state index contributed by atoms with van der Waals surface area (Å²) in [5, 5.41) is 0.196. The normalized spacial score (nSPS) is 25.3. The minimum atomic E-state index is -0.298. The molecule has 1 heterocycles. The first kappa shape index (κ1) is 13.8. The van der Waals surface area contributed by atoms with Crippen molar-refractivity contribution >= 4 is 11.6 Å². The van der Waals surface area contributed by atoms with E-state index in [0.29, 0.717) is 30.6 Å². The average Bonchev–Trinajstić information content (AvgIpc) is 2.37. The van der Waals surface area contributed by atoms with Crippen LogP contribution in [0, 0.1) is 11.7 Å². The van der Waals surface area contributed by atoms with E-state index in [4.69, 9.17) is 17.3 Å². The van der Waals surface area contributed by atoms with E-state index in [1.54, 1.807) is 18.2 Å². The second-order valence-electron chi connectivity index (χ2n) is 5.20. The maximum Gasteiger partial charge on any atom is 0.146 e. The number of piperidine rings is 1. The molecule has 0 radical (unpaired) electrons. The van der Waals surface area contributed by atoms with Gasteiger partial charge in [-0.15, -0.1) is 0 Å². The van der Waals surface area contributed by atoms with Crippen LogP contribution in [0.2, 0.25) is 5.02 Å². The summed E-state index contributed by atoms with van der Waals surface area (Å²) >= 11 is 5.81. The van der Waals surface area contributed by atoms with E-state index in [1.165, 1.54) is 0 Å². The third kappa shape index (κ3) is 3.02. The molecule has 1 aliphatic heterocycles. The smallest absolute Gasteiger partial charge is 0.146 e. The number of benzene rings is 1. The third-order valence-corrected chi connectivity index (χ3v) is 4.07. The number of hydrogen-bond donors (Lipinski definition) is 1. The Kier molecular flexibility index (Phi) is 4.60.